The van der Waals surface area contributed by atoms with Crippen LogP contribution in [-0.4, -0.2) is 35.0 Å². The first-order valence-corrected chi connectivity index (χ1v) is 7.66. The lowest BCUT2D eigenvalue weighted by Gasteiger charge is -2.22. The van der Waals surface area contributed by atoms with E-state index < -0.39 is 18.2 Å². The number of hydrogen-bond acceptors (Lipinski definition) is 3. The molecular formula is C16H19N3O3S. The molecule has 1 aliphatic heterocycles. The van der Waals surface area contributed by atoms with Crippen LogP contribution in [-0.2, 0) is 6.42 Å². The molecule has 6 nitrogen and oxygen atoms in total. The Hall–Kier alpha value is -2.46. The molecular weight excluding hydrogens is 314 g/mol. The number of nitrogens with one attached hydrogen (secondary N) is 3. The van der Waals surface area contributed by atoms with Crippen LogP contribution in [0.1, 0.15) is 19.4 Å². The molecule has 1 aliphatic rings. The molecule has 1 amide bonds. The van der Waals surface area contributed by atoms with Crippen molar-refractivity contribution in [3.05, 3.63) is 23.8 Å². The molecule has 7 heteroatoms. The molecule has 0 spiro atoms. The third-order valence-corrected chi connectivity index (χ3v) is 3.65. The van der Waals surface area contributed by atoms with Crippen LogP contribution in [0.25, 0.3) is 0 Å². The molecule has 0 saturated carbocycles. The predicted molar refractivity (Wildman–Crippen MR) is 92.9 cm³/mol. The normalized spacial score (nSPS) is 14.3. The molecule has 1 aromatic carbocycles. The van der Waals surface area contributed by atoms with Crippen LogP contribution in [0.15, 0.2) is 18.2 Å². The number of amides is 1. The summed E-state index contributed by atoms with van der Waals surface area (Å²) in [7, 11) is 0. The average Bonchev–Trinajstić information content (AvgIpc) is 2.95. The van der Waals surface area contributed by atoms with Crippen molar-refractivity contribution in [2.24, 2.45) is 0 Å². The molecule has 23 heavy (non-hydrogen) atoms. The standard InChI is InChI=1S/C16H19N3O3S/c1-3-5-12(10(2)17-16(20)21)18-15(23)19-13-6-4-7-14-11(13)8-9-22-14/h4,6-7,10,12,17H,8-9H2,1-2H3,(H,20,21)(H2,18,19,23)/t10-,12?/m0/s1. The third-order valence-electron chi connectivity index (χ3n) is 3.43. The van der Waals surface area contributed by atoms with E-state index in [1.165, 1.54) is 0 Å². The fourth-order valence-corrected chi connectivity index (χ4v) is 2.60. The first kappa shape index (κ1) is 16.9. The van der Waals surface area contributed by atoms with Crippen molar-refractivity contribution in [3.8, 4) is 17.6 Å². The highest BCUT2D eigenvalue weighted by Gasteiger charge is 2.20. The SMILES string of the molecule is CC#CC(NC(=S)Nc1cccc2c1CCO2)[C@H](C)NC(=O)O. The van der Waals surface area contributed by atoms with Crippen molar-refractivity contribution in [2.45, 2.75) is 32.4 Å². The van der Waals surface area contributed by atoms with E-state index in [0.29, 0.717) is 11.7 Å². The fourth-order valence-electron chi connectivity index (χ4n) is 2.36. The van der Waals surface area contributed by atoms with Gasteiger partial charge in [-0.2, -0.15) is 0 Å². The lowest BCUT2D eigenvalue weighted by atomic mass is 10.1. The molecule has 0 bridgehead atoms. The van der Waals surface area contributed by atoms with Gasteiger partial charge in [0.2, 0.25) is 0 Å². The van der Waals surface area contributed by atoms with Gasteiger partial charge in [-0.15, -0.1) is 5.92 Å². The first-order valence-electron chi connectivity index (χ1n) is 7.25. The second-order valence-corrected chi connectivity index (χ2v) is 5.50. The van der Waals surface area contributed by atoms with E-state index in [1.807, 2.05) is 18.2 Å². The Labute approximate surface area is 140 Å². The number of hydrogen-bond donors (Lipinski definition) is 4. The lowest BCUT2D eigenvalue weighted by Crippen LogP contribution is -2.50. The number of rotatable bonds is 4. The molecule has 1 aromatic rings. The zero-order valence-electron chi connectivity index (χ0n) is 13.0. The van der Waals surface area contributed by atoms with Crippen LogP contribution in [0.2, 0.25) is 0 Å². The van der Waals surface area contributed by atoms with Gasteiger partial charge in [0.1, 0.15) is 11.8 Å². The molecule has 122 valence electrons. The molecule has 0 saturated heterocycles. The number of anilines is 1. The number of ether oxygens (including phenoxy) is 1. The van der Waals surface area contributed by atoms with Gasteiger partial charge in [0.15, 0.2) is 5.11 Å². The minimum atomic E-state index is -1.10. The number of carboxylic acid groups (broad SMARTS) is 1. The fraction of sp³-hybridized carbons (Fsp3) is 0.375. The van der Waals surface area contributed by atoms with Crippen molar-refractivity contribution >= 4 is 29.1 Å². The van der Waals surface area contributed by atoms with E-state index in [2.05, 4.69) is 27.8 Å². The van der Waals surface area contributed by atoms with E-state index in [9.17, 15) is 4.79 Å². The Kier molecular flexibility index (Phi) is 5.66. The van der Waals surface area contributed by atoms with E-state index in [4.69, 9.17) is 22.1 Å². The van der Waals surface area contributed by atoms with Gasteiger partial charge in [0.05, 0.1) is 12.6 Å². The summed E-state index contributed by atoms with van der Waals surface area (Å²) >= 11 is 5.32. The van der Waals surface area contributed by atoms with Gasteiger partial charge in [-0.25, -0.2) is 4.79 Å². The molecule has 2 atom stereocenters. The summed E-state index contributed by atoms with van der Waals surface area (Å²) in [6.45, 7) is 4.09. The summed E-state index contributed by atoms with van der Waals surface area (Å²) in [6.07, 6.45) is -0.268. The molecule has 1 unspecified atom stereocenters. The minimum absolute atomic E-state index is 0.386. The monoisotopic (exact) mass is 333 g/mol. The van der Waals surface area contributed by atoms with Crippen molar-refractivity contribution < 1.29 is 14.6 Å². The number of thiocarbonyl (C=S) groups is 1. The Morgan fingerprint density at radius 3 is 2.91 bits per heavy atom. The van der Waals surface area contributed by atoms with E-state index >= 15 is 0 Å². The maximum atomic E-state index is 10.8. The zero-order chi connectivity index (χ0) is 16.8. The summed E-state index contributed by atoms with van der Waals surface area (Å²) in [6, 6.07) is 4.91. The number of fused-ring (bicyclic) bond motifs is 1. The van der Waals surface area contributed by atoms with Gasteiger partial charge in [0.25, 0.3) is 0 Å². The Morgan fingerprint density at radius 2 is 2.22 bits per heavy atom. The molecule has 2 rings (SSSR count). The smallest absolute Gasteiger partial charge is 0.404 e. The van der Waals surface area contributed by atoms with Gasteiger partial charge >= 0.3 is 6.09 Å². The van der Waals surface area contributed by atoms with Crippen LogP contribution in [0.3, 0.4) is 0 Å². The maximum absolute atomic E-state index is 10.8. The van der Waals surface area contributed by atoms with Crippen molar-refractivity contribution in [3.63, 3.8) is 0 Å². The second-order valence-electron chi connectivity index (χ2n) is 5.09. The zero-order valence-corrected chi connectivity index (χ0v) is 13.8. The lowest BCUT2D eigenvalue weighted by molar-refractivity contribution is 0.189. The molecule has 0 aliphatic carbocycles. The van der Waals surface area contributed by atoms with Gasteiger partial charge in [0, 0.05) is 17.7 Å². The minimum Gasteiger partial charge on any atom is -0.493 e. The van der Waals surface area contributed by atoms with Gasteiger partial charge in [-0.05, 0) is 38.2 Å². The van der Waals surface area contributed by atoms with E-state index in [-0.39, 0.29) is 0 Å². The average molecular weight is 333 g/mol. The Balaban J connectivity index is 2.03. The summed E-state index contributed by atoms with van der Waals surface area (Å²) < 4.78 is 5.52. The highest BCUT2D eigenvalue weighted by atomic mass is 32.1. The molecule has 1 heterocycles. The molecule has 0 radical (unpaired) electrons. The van der Waals surface area contributed by atoms with Crippen LogP contribution < -0.4 is 20.7 Å². The maximum Gasteiger partial charge on any atom is 0.404 e. The number of carbonyl (C=O) groups is 1. The predicted octanol–water partition coefficient (Wildman–Crippen LogP) is 1.96. The van der Waals surface area contributed by atoms with Gasteiger partial charge in [-0.3, -0.25) is 0 Å². The second kappa shape index (κ2) is 7.70. The van der Waals surface area contributed by atoms with Crippen molar-refractivity contribution in [1.29, 1.82) is 0 Å². The van der Waals surface area contributed by atoms with Crippen molar-refractivity contribution in [2.75, 3.05) is 11.9 Å². The third kappa shape index (κ3) is 4.50. The van der Waals surface area contributed by atoms with Crippen LogP contribution in [0.4, 0.5) is 10.5 Å². The molecule has 4 N–H and O–H groups in total. The van der Waals surface area contributed by atoms with E-state index in [0.717, 1.165) is 23.4 Å². The highest BCUT2D eigenvalue weighted by Crippen LogP contribution is 2.31. The van der Waals surface area contributed by atoms with Gasteiger partial charge in [-0.1, -0.05) is 12.0 Å². The summed E-state index contributed by atoms with van der Waals surface area (Å²) in [5.41, 5.74) is 1.98. The summed E-state index contributed by atoms with van der Waals surface area (Å²) in [5, 5.41) is 17.8. The van der Waals surface area contributed by atoms with Gasteiger partial charge < -0.3 is 25.8 Å². The Morgan fingerprint density at radius 1 is 1.43 bits per heavy atom. The highest BCUT2D eigenvalue weighted by molar-refractivity contribution is 7.80. The topological polar surface area (TPSA) is 82.6 Å². The molecule has 0 fully saturated rings. The van der Waals surface area contributed by atoms with Crippen LogP contribution >= 0.6 is 12.2 Å². The van der Waals surface area contributed by atoms with Crippen molar-refractivity contribution in [1.82, 2.24) is 10.6 Å². The Bertz CT molecular complexity index is 666. The number of benzene rings is 1. The summed E-state index contributed by atoms with van der Waals surface area (Å²) in [4.78, 5) is 10.8. The quantitative estimate of drug-likeness (QED) is 0.498. The largest absolute Gasteiger partial charge is 0.493 e. The molecule has 0 aromatic heterocycles. The first-order chi connectivity index (χ1) is 11.0. The van der Waals surface area contributed by atoms with E-state index in [1.54, 1.807) is 13.8 Å². The van der Waals surface area contributed by atoms with Crippen LogP contribution in [0.5, 0.6) is 5.75 Å². The summed E-state index contributed by atoms with van der Waals surface area (Å²) in [5.74, 6) is 6.56. The van der Waals surface area contributed by atoms with Crippen LogP contribution in [0, 0.1) is 11.8 Å².